The molecule has 1 aromatic heterocycles. The van der Waals surface area contributed by atoms with Gasteiger partial charge in [0.2, 0.25) is 0 Å². The van der Waals surface area contributed by atoms with E-state index in [1.807, 2.05) is 31.2 Å². The summed E-state index contributed by atoms with van der Waals surface area (Å²) in [5.74, 6) is -0.501. The maximum atomic E-state index is 12.2. The summed E-state index contributed by atoms with van der Waals surface area (Å²) in [5, 5.41) is 21.6. The molecular formula is C18H14ClN5O3. The molecule has 1 amide bonds. The Hall–Kier alpha value is -3.52. The van der Waals surface area contributed by atoms with Crippen LogP contribution in [0.25, 0.3) is 11.3 Å². The van der Waals surface area contributed by atoms with Crippen LogP contribution in [-0.4, -0.2) is 27.2 Å². The Bertz CT molecular complexity index is 1030. The fourth-order valence-corrected chi connectivity index (χ4v) is 2.44. The van der Waals surface area contributed by atoms with Crippen molar-refractivity contribution in [1.29, 1.82) is 0 Å². The van der Waals surface area contributed by atoms with E-state index in [9.17, 15) is 14.9 Å². The van der Waals surface area contributed by atoms with Gasteiger partial charge in [0.15, 0.2) is 0 Å². The van der Waals surface area contributed by atoms with Crippen LogP contribution in [-0.2, 0) is 0 Å². The number of hydrazone groups is 1. The number of aromatic amines is 1. The molecule has 0 saturated carbocycles. The third-order valence-electron chi connectivity index (χ3n) is 3.73. The molecule has 27 heavy (non-hydrogen) atoms. The van der Waals surface area contributed by atoms with Crippen molar-refractivity contribution >= 4 is 29.4 Å². The number of rotatable bonds is 5. The Balaban J connectivity index is 1.70. The van der Waals surface area contributed by atoms with Gasteiger partial charge < -0.3 is 0 Å². The summed E-state index contributed by atoms with van der Waals surface area (Å²) >= 11 is 5.97. The van der Waals surface area contributed by atoms with Gasteiger partial charge in [0.05, 0.1) is 16.8 Å². The molecule has 0 atom stereocenters. The molecule has 9 heteroatoms. The number of nitrogens with zero attached hydrogens (tertiary/aromatic N) is 3. The number of aryl methyl sites for hydroxylation is 1. The van der Waals surface area contributed by atoms with E-state index in [-0.39, 0.29) is 16.4 Å². The van der Waals surface area contributed by atoms with Gasteiger partial charge in [-0.25, -0.2) is 5.43 Å². The standard InChI is InChI=1S/C18H14ClN5O3/c1-11-2-4-12(5-3-11)16-9-17(22-21-16)18(25)23-20-10-13-8-14(24(26)27)6-7-15(13)19/h2-10H,1H3,(H,21,22)(H,23,25)/b20-10-. The van der Waals surface area contributed by atoms with E-state index in [1.165, 1.54) is 24.4 Å². The van der Waals surface area contributed by atoms with Crippen LogP contribution in [0.3, 0.4) is 0 Å². The van der Waals surface area contributed by atoms with Gasteiger partial charge in [-0.1, -0.05) is 41.4 Å². The molecule has 0 spiro atoms. The first-order chi connectivity index (χ1) is 12.9. The smallest absolute Gasteiger partial charge is 0.272 e. The third-order valence-corrected chi connectivity index (χ3v) is 4.07. The predicted octanol–water partition coefficient (Wildman–Crippen LogP) is 3.71. The molecule has 0 aliphatic rings. The van der Waals surface area contributed by atoms with Gasteiger partial charge in [-0.3, -0.25) is 20.0 Å². The van der Waals surface area contributed by atoms with Crippen molar-refractivity contribution in [3.63, 3.8) is 0 Å². The number of amides is 1. The number of benzene rings is 2. The van der Waals surface area contributed by atoms with Crippen molar-refractivity contribution in [2.45, 2.75) is 6.92 Å². The molecule has 2 aromatic carbocycles. The van der Waals surface area contributed by atoms with E-state index in [0.29, 0.717) is 11.3 Å². The van der Waals surface area contributed by atoms with Gasteiger partial charge in [-0.2, -0.15) is 10.2 Å². The topological polar surface area (TPSA) is 113 Å². The number of hydrogen-bond acceptors (Lipinski definition) is 5. The van der Waals surface area contributed by atoms with E-state index in [0.717, 1.165) is 11.1 Å². The lowest BCUT2D eigenvalue weighted by Gasteiger charge is -1.99. The van der Waals surface area contributed by atoms with E-state index in [4.69, 9.17) is 11.6 Å². The lowest BCUT2D eigenvalue weighted by atomic mass is 10.1. The summed E-state index contributed by atoms with van der Waals surface area (Å²) in [5.41, 5.74) is 5.39. The molecule has 0 aliphatic heterocycles. The number of H-pyrrole nitrogens is 1. The summed E-state index contributed by atoms with van der Waals surface area (Å²) in [6.07, 6.45) is 1.24. The zero-order valence-corrected chi connectivity index (χ0v) is 14.9. The minimum Gasteiger partial charge on any atom is -0.272 e. The fraction of sp³-hybridized carbons (Fsp3) is 0.0556. The minimum absolute atomic E-state index is 0.122. The van der Waals surface area contributed by atoms with Gasteiger partial charge in [0.1, 0.15) is 5.69 Å². The number of carbonyl (C=O) groups excluding carboxylic acids is 1. The van der Waals surface area contributed by atoms with E-state index < -0.39 is 10.8 Å². The molecule has 2 N–H and O–H groups in total. The van der Waals surface area contributed by atoms with Gasteiger partial charge >= 0.3 is 0 Å². The molecule has 0 radical (unpaired) electrons. The number of non-ortho nitro benzene ring substituents is 1. The molecule has 0 fully saturated rings. The number of halogens is 1. The Morgan fingerprint density at radius 3 is 2.70 bits per heavy atom. The Morgan fingerprint density at radius 2 is 2.00 bits per heavy atom. The average molecular weight is 384 g/mol. The van der Waals surface area contributed by atoms with Gasteiger partial charge in [-0.05, 0) is 19.1 Å². The Morgan fingerprint density at radius 1 is 1.26 bits per heavy atom. The van der Waals surface area contributed by atoms with Crippen LogP contribution in [0.2, 0.25) is 5.02 Å². The number of aromatic nitrogens is 2. The van der Waals surface area contributed by atoms with Crippen LogP contribution in [0.15, 0.2) is 53.6 Å². The van der Waals surface area contributed by atoms with Crippen LogP contribution >= 0.6 is 11.6 Å². The summed E-state index contributed by atoms with van der Waals surface area (Å²) in [4.78, 5) is 22.4. The van der Waals surface area contributed by atoms with Gasteiger partial charge in [-0.15, -0.1) is 0 Å². The monoisotopic (exact) mass is 383 g/mol. The lowest BCUT2D eigenvalue weighted by Crippen LogP contribution is -2.18. The van der Waals surface area contributed by atoms with Crippen LogP contribution in [0.5, 0.6) is 0 Å². The summed E-state index contributed by atoms with van der Waals surface area (Å²) in [6.45, 7) is 1.98. The molecule has 0 unspecified atom stereocenters. The van der Waals surface area contributed by atoms with Crippen molar-refractivity contribution in [1.82, 2.24) is 15.6 Å². The maximum absolute atomic E-state index is 12.2. The first-order valence-electron chi connectivity index (χ1n) is 7.84. The Labute approximate surface area is 159 Å². The van der Waals surface area contributed by atoms with E-state index in [1.54, 1.807) is 6.07 Å². The molecule has 0 aliphatic carbocycles. The highest BCUT2D eigenvalue weighted by Crippen LogP contribution is 2.20. The molecule has 3 aromatic rings. The zero-order valence-electron chi connectivity index (χ0n) is 14.1. The fourth-order valence-electron chi connectivity index (χ4n) is 2.27. The predicted molar refractivity (Wildman–Crippen MR) is 102 cm³/mol. The highest BCUT2D eigenvalue weighted by atomic mass is 35.5. The van der Waals surface area contributed by atoms with Crippen LogP contribution in [0.1, 0.15) is 21.6 Å². The maximum Gasteiger partial charge on any atom is 0.289 e. The largest absolute Gasteiger partial charge is 0.289 e. The summed E-state index contributed by atoms with van der Waals surface area (Å²) in [6, 6.07) is 13.3. The Kier molecular flexibility index (Phi) is 5.28. The lowest BCUT2D eigenvalue weighted by molar-refractivity contribution is -0.384. The first-order valence-corrected chi connectivity index (χ1v) is 8.21. The van der Waals surface area contributed by atoms with Crippen molar-refractivity contribution in [2.24, 2.45) is 5.10 Å². The second kappa shape index (κ2) is 7.79. The molecule has 3 rings (SSSR count). The van der Waals surface area contributed by atoms with Crippen molar-refractivity contribution in [2.75, 3.05) is 0 Å². The molecule has 136 valence electrons. The summed E-state index contributed by atoms with van der Waals surface area (Å²) in [7, 11) is 0. The van der Waals surface area contributed by atoms with Gasteiger partial charge in [0.25, 0.3) is 11.6 Å². The van der Waals surface area contributed by atoms with Crippen LogP contribution < -0.4 is 5.43 Å². The summed E-state index contributed by atoms with van der Waals surface area (Å²) < 4.78 is 0. The molecular weight excluding hydrogens is 370 g/mol. The number of carbonyl (C=O) groups is 1. The van der Waals surface area contributed by atoms with Crippen molar-refractivity contribution < 1.29 is 9.72 Å². The second-order valence-electron chi connectivity index (χ2n) is 5.69. The normalized spacial score (nSPS) is 10.9. The highest BCUT2D eigenvalue weighted by molar-refractivity contribution is 6.33. The molecule has 0 saturated heterocycles. The quantitative estimate of drug-likeness (QED) is 0.397. The third kappa shape index (κ3) is 4.36. The molecule has 0 bridgehead atoms. The van der Waals surface area contributed by atoms with Crippen molar-refractivity contribution in [3.8, 4) is 11.3 Å². The van der Waals surface area contributed by atoms with Crippen molar-refractivity contribution in [3.05, 3.63) is 80.5 Å². The number of nitrogens with one attached hydrogen (secondary N) is 2. The van der Waals surface area contributed by atoms with Crippen LogP contribution in [0.4, 0.5) is 5.69 Å². The molecule has 8 nitrogen and oxygen atoms in total. The number of nitro groups is 1. The van der Waals surface area contributed by atoms with E-state index in [2.05, 4.69) is 20.7 Å². The highest BCUT2D eigenvalue weighted by Gasteiger charge is 2.11. The average Bonchev–Trinajstić information content (AvgIpc) is 3.14. The van der Waals surface area contributed by atoms with Gasteiger partial charge in [0, 0.05) is 28.3 Å². The second-order valence-corrected chi connectivity index (χ2v) is 6.10. The first kappa shape index (κ1) is 18.3. The minimum atomic E-state index is -0.538. The zero-order chi connectivity index (χ0) is 19.4. The van der Waals surface area contributed by atoms with Crippen LogP contribution in [0, 0.1) is 17.0 Å². The van der Waals surface area contributed by atoms with E-state index >= 15 is 0 Å². The SMILES string of the molecule is Cc1ccc(-c2cc(C(=O)N/N=C\c3cc([N+](=O)[O-])ccc3Cl)[nH]n2)cc1. The number of hydrogen-bond donors (Lipinski definition) is 2. The molecule has 1 heterocycles. The number of nitro benzene ring substituents is 1.